The molecule has 0 fully saturated rings. The highest BCUT2D eigenvalue weighted by Crippen LogP contribution is 2.12. The Labute approximate surface area is 90.7 Å². The molecule has 0 saturated heterocycles. The monoisotopic (exact) mass is 237 g/mol. The molecule has 4 N–H and O–H groups in total. The Morgan fingerprint density at radius 1 is 1.33 bits per heavy atom. The molecule has 0 heterocycles. The van der Waals surface area contributed by atoms with E-state index in [0.29, 0.717) is 13.1 Å². The van der Waals surface area contributed by atoms with Crippen LogP contribution in [0.2, 0.25) is 0 Å². The van der Waals surface area contributed by atoms with Gasteiger partial charge in [0.15, 0.2) is 0 Å². The minimum atomic E-state index is -3.46. The van der Waals surface area contributed by atoms with Gasteiger partial charge in [0.2, 0.25) is 15.9 Å². The lowest BCUT2D eigenvalue weighted by molar-refractivity contribution is -0.119. The zero-order valence-corrected chi connectivity index (χ0v) is 10.1. The van der Waals surface area contributed by atoms with Gasteiger partial charge in [-0.2, -0.15) is 0 Å². The van der Waals surface area contributed by atoms with E-state index in [4.69, 9.17) is 5.73 Å². The van der Waals surface area contributed by atoms with Gasteiger partial charge < -0.3 is 11.1 Å². The number of nitrogens with one attached hydrogen (secondary N) is 2. The molecule has 7 heteroatoms. The van der Waals surface area contributed by atoms with Crippen LogP contribution in [0.5, 0.6) is 0 Å². The Balaban J connectivity index is 4.12. The van der Waals surface area contributed by atoms with E-state index in [0.717, 1.165) is 0 Å². The SMILES string of the molecule is CC(C)(C)S(=O)(=O)NCC(=O)NCCN. The van der Waals surface area contributed by atoms with Crippen molar-refractivity contribution in [2.24, 2.45) is 5.73 Å². The van der Waals surface area contributed by atoms with Crippen molar-refractivity contribution in [2.45, 2.75) is 25.5 Å². The minimum Gasteiger partial charge on any atom is -0.354 e. The number of hydrogen-bond donors (Lipinski definition) is 3. The van der Waals surface area contributed by atoms with E-state index in [1.54, 1.807) is 20.8 Å². The van der Waals surface area contributed by atoms with E-state index < -0.39 is 14.8 Å². The second kappa shape index (κ2) is 5.43. The maximum absolute atomic E-state index is 11.5. The van der Waals surface area contributed by atoms with Gasteiger partial charge in [-0.05, 0) is 20.8 Å². The van der Waals surface area contributed by atoms with Gasteiger partial charge >= 0.3 is 0 Å². The zero-order chi connectivity index (χ0) is 12.1. The molecule has 15 heavy (non-hydrogen) atoms. The highest BCUT2D eigenvalue weighted by Gasteiger charge is 2.28. The summed E-state index contributed by atoms with van der Waals surface area (Å²) >= 11 is 0. The molecule has 0 aliphatic rings. The maximum atomic E-state index is 11.5. The second-order valence-corrected chi connectivity index (χ2v) is 6.60. The molecule has 0 radical (unpaired) electrons. The van der Waals surface area contributed by atoms with Crippen LogP contribution in [-0.2, 0) is 14.8 Å². The molecular weight excluding hydrogens is 218 g/mol. The van der Waals surface area contributed by atoms with Crippen molar-refractivity contribution in [3.05, 3.63) is 0 Å². The van der Waals surface area contributed by atoms with Crippen molar-refractivity contribution in [3.63, 3.8) is 0 Å². The van der Waals surface area contributed by atoms with Gasteiger partial charge in [-0.1, -0.05) is 0 Å². The van der Waals surface area contributed by atoms with Crippen LogP contribution in [0.3, 0.4) is 0 Å². The maximum Gasteiger partial charge on any atom is 0.235 e. The third-order valence-corrected chi connectivity index (χ3v) is 3.83. The van der Waals surface area contributed by atoms with Crippen LogP contribution in [0.4, 0.5) is 0 Å². The number of sulfonamides is 1. The predicted octanol–water partition coefficient (Wildman–Crippen LogP) is -1.22. The van der Waals surface area contributed by atoms with E-state index in [1.807, 2.05) is 0 Å². The summed E-state index contributed by atoms with van der Waals surface area (Å²) in [6, 6.07) is 0. The van der Waals surface area contributed by atoms with Gasteiger partial charge in [0.25, 0.3) is 0 Å². The van der Waals surface area contributed by atoms with Gasteiger partial charge in [-0.15, -0.1) is 0 Å². The number of carbonyl (C=O) groups is 1. The summed E-state index contributed by atoms with van der Waals surface area (Å²) in [6.45, 7) is 5.11. The van der Waals surface area contributed by atoms with Crippen molar-refractivity contribution in [1.82, 2.24) is 10.0 Å². The Hall–Kier alpha value is -0.660. The van der Waals surface area contributed by atoms with Gasteiger partial charge in [0, 0.05) is 13.1 Å². The van der Waals surface area contributed by atoms with Crippen LogP contribution in [0.1, 0.15) is 20.8 Å². The first-order chi connectivity index (χ1) is 6.70. The molecule has 0 spiro atoms. The summed E-state index contributed by atoms with van der Waals surface area (Å²) < 4.78 is 24.3. The fourth-order valence-electron chi connectivity index (χ4n) is 0.651. The Morgan fingerprint density at radius 2 is 1.87 bits per heavy atom. The third kappa shape index (κ3) is 5.10. The zero-order valence-electron chi connectivity index (χ0n) is 9.33. The topological polar surface area (TPSA) is 101 Å². The molecule has 0 aromatic carbocycles. The number of carbonyl (C=O) groups excluding carboxylic acids is 1. The standard InChI is InChI=1S/C8H19N3O3S/c1-8(2,3)15(13,14)11-6-7(12)10-5-4-9/h11H,4-6,9H2,1-3H3,(H,10,12). The number of hydrogen-bond acceptors (Lipinski definition) is 4. The van der Waals surface area contributed by atoms with Crippen molar-refractivity contribution < 1.29 is 13.2 Å². The summed E-state index contributed by atoms with van der Waals surface area (Å²) in [4.78, 5) is 11.1. The van der Waals surface area contributed by atoms with Crippen LogP contribution in [0, 0.1) is 0 Å². The van der Waals surface area contributed by atoms with Crippen molar-refractivity contribution >= 4 is 15.9 Å². The van der Waals surface area contributed by atoms with Crippen LogP contribution in [0.25, 0.3) is 0 Å². The van der Waals surface area contributed by atoms with Gasteiger partial charge in [0.1, 0.15) is 0 Å². The van der Waals surface area contributed by atoms with Crippen molar-refractivity contribution in [2.75, 3.05) is 19.6 Å². The fraction of sp³-hybridized carbons (Fsp3) is 0.875. The number of rotatable bonds is 5. The molecule has 0 aliphatic carbocycles. The van der Waals surface area contributed by atoms with Gasteiger partial charge in [-0.3, -0.25) is 4.79 Å². The quantitative estimate of drug-likeness (QED) is 0.558. The highest BCUT2D eigenvalue weighted by molar-refractivity contribution is 7.90. The second-order valence-electron chi connectivity index (χ2n) is 4.08. The lowest BCUT2D eigenvalue weighted by Gasteiger charge is -2.19. The number of amides is 1. The molecule has 0 aromatic rings. The summed E-state index contributed by atoms with van der Waals surface area (Å²) in [5.41, 5.74) is 5.17. The average Bonchev–Trinajstić information content (AvgIpc) is 2.09. The molecule has 0 bridgehead atoms. The molecule has 90 valence electrons. The first-order valence-corrected chi connectivity index (χ1v) is 6.15. The van der Waals surface area contributed by atoms with Crippen LogP contribution >= 0.6 is 0 Å². The molecule has 1 amide bonds. The van der Waals surface area contributed by atoms with E-state index in [9.17, 15) is 13.2 Å². The summed E-state index contributed by atoms with van der Waals surface area (Å²) in [6.07, 6.45) is 0. The normalized spacial score (nSPS) is 12.5. The highest BCUT2D eigenvalue weighted by atomic mass is 32.2. The summed E-state index contributed by atoms with van der Waals surface area (Å²) in [5, 5.41) is 2.47. The molecule has 0 unspecified atom stereocenters. The molecule has 0 aromatic heterocycles. The summed E-state index contributed by atoms with van der Waals surface area (Å²) in [7, 11) is -3.46. The van der Waals surface area contributed by atoms with E-state index in [1.165, 1.54) is 0 Å². The van der Waals surface area contributed by atoms with E-state index in [2.05, 4.69) is 10.0 Å². The van der Waals surface area contributed by atoms with Crippen LogP contribution in [0.15, 0.2) is 0 Å². The molecule has 0 saturated carbocycles. The van der Waals surface area contributed by atoms with Gasteiger partial charge in [-0.25, -0.2) is 13.1 Å². The number of nitrogens with two attached hydrogens (primary N) is 1. The lowest BCUT2D eigenvalue weighted by Crippen LogP contribution is -2.44. The van der Waals surface area contributed by atoms with Crippen LogP contribution < -0.4 is 15.8 Å². The first kappa shape index (κ1) is 14.3. The van der Waals surface area contributed by atoms with Crippen LogP contribution in [-0.4, -0.2) is 38.7 Å². The molecule has 0 rings (SSSR count). The van der Waals surface area contributed by atoms with Crippen molar-refractivity contribution in [1.29, 1.82) is 0 Å². The van der Waals surface area contributed by atoms with E-state index >= 15 is 0 Å². The first-order valence-electron chi connectivity index (χ1n) is 4.66. The largest absolute Gasteiger partial charge is 0.354 e. The molecule has 0 atom stereocenters. The molecule has 6 nitrogen and oxygen atoms in total. The fourth-order valence-corrected chi connectivity index (χ4v) is 1.41. The molecule has 0 aliphatic heterocycles. The van der Waals surface area contributed by atoms with E-state index in [-0.39, 0.29) is 12.5 Å². The average molecular weight is 237 g/mol. The van der Waals surface area contributed by atoms with Crippen molar-refractivity contribution in [3.8, 4) is 0 Å². The minimum absolute atomic E-state index is 0.250. The summed E-state index contributed by atoms with van der Waals surface area (Å²) in [5.74, 6) is -0.381. The smallest absolute Gasteiger partial charge is 0.235 e. The third-order valence-electron chi connectivity index (χ3n) is 1.70. The Bertz CT molecular complexity index is 306. The molecular formula is C8H19N3O3S. The lowest BCUT2D eigenvalue weighted by atomic mass is 10.3. The van der Waals surface area contributed by atoms with Gasteiger partial charge in [0.05, 0.1) is 11.3 Å². The predicted molar refractivity (Wildman–Crippen MR) is 58.7 cm³/mol. The Morgan fingerprint density at radius 3 is 2.27 bits per heavy atom. The Kier molecular flexibility index (Phi) is 5.19.